The third-order valence-corrected chi connectivity index (χ3v) is 6.44. The summed E-state index contributed by atoms with van der Waals surface area (Å²) in [6.07, 6.45) is 18.8. The Kier molecular flexibility index (Phi) is 4.05. The molecule has 0 saturated carbocycles. The van der Waals surface area contributed by atoms with E-state index in [2.05, 4.69) is 39.8 Å². The van der Waals surface area contributed by atoms with E-state index in [4.69, 9.17) is 0 Å². The van der Waals surface area contributed by atoms with E-state index in [9.17, 15) is 0 Å². The average Bonchev–Trinajstić information content (AvgIpc) is 3.24. The molecule has 3 nitrogen and oxygen atoms in total. The number of hydrogen-bond donors (Lipinski definition) is 2. The fraction of sp³-hybridized carbons (Fsp3) is 0.545. The molecule has 5 aliphatic rings. The Balaban J connectivity index is 1.29. The number of dihydropyridines is 1. The van der Waals surface area contributed by atoms with Gasteiger partial charge in [0.05, 0.1) is 0 Å². The molecule has 1 saturated heterocycles. The Morgan fingerprint density at radius 1 is 1.04 bits per heavy atom. The molecule has 0 amide bonds. The summed E-state index contributed by atoms with van der Waals surface area (Å²) in [5.74, 6) is 1.88. The molecule has 0 spiro atoms. The molecule has 3 heteroatoms. The first-order valence-electron chi connectivity index (χ1n) is 10.1. The van der Waals surface area contributed by atoms with Crippen LogP contribution in [0.15, 0.2) is 58.1 Å². The van der Waals surface area contributed by atoms with Gasteiger partial charge < -0.3 is 10.6 Å². The first kappa shape index (κ1) is 15.5. The largest absolute Gasteiger partial charge is 0.367 e. The Labute approximate surface area is 151 Å². The van der Waals surface area contributed by atoms with Gasteiger partial charge in [-0.15, -0.1) is 0 Å². The minimum absolute atomic E-state index is 0.618. The number of nitrogens with one attached hydrogen (secondary N) is 2. The molecule has 25 heavy (non-hydrogen) atoms. The van der Waals surface area contributed by atoms with Gasteiger partial charge in [-0.05, 0) is 68.8 Å². The molecule has 5 rings (SSSR count). The standard InChI is InChI=1S/C22H29N3/c1-2-11-25(12-3-1)15-16-7-9-17(10-8-16)18-13-20-19-5-4-6-21(19)24-22(20)23-14-18/h6-7,9,13,19,23-24H,1-5,8,10-12,14-15H2. The monoisotopic (exact) mass is 335 g/mol. The van der Waals surface area contributed by atoms with Crippen molar-refractivity contribution in [3.05, 3.63) is 58.1 Å². The minimum atomic E-state index is 0.618. The van der Waals surface area contributed by atoms with Gasteiger partial charge in [0, 0.05) is 30.3 Å². The van der Waals surface area contributed by atoms with E-state index in [-0.39, 0.29) is 0 Å². The highest BCUT2D eigenvalue weighted by molar-refractivity contribution is 5.51. The van der Waals surface area contributed by atoms with Crippen LogP contribution in [-0.4, -0.2) is 31.1 Å². The third kappa shape index (κ3) is 2.99. The first-order chi connectivity index (χ1) is 12.4. The Bertz CT molecular complexity index is 714. The van der Waals surface area contributed by atoms with Crippen molar-refractivity contribution in [2.45, 2.75) is 44.9 Å². The van der Waals surface area contributed by atoms with Crippen LogP contribution in [0.5, 0.6) is 0 Å². The van der Waals surface area contributed by atoms with Crippen LogP contribution in [0, 0.1) is 5.92 Å². The van der Waals surface area contributed by atoms with Crippen LogP contribution in [0.25, 0.3) is 0 Å². The van der Waals surface area contributed by atoms with E-state index < -0.39 is 0 Å². The predicted octanol–water partition coefficient (Wildman–Crippen LogP) is 3.76. The van der Waals surface area contributed by atoms with E-state index in [1.165, 1.54) is 92.8 Å². The second-order valence-electron chi connectivity index (χ2n) is 8.12. The number of piperidine rings is 1. The highest BCUT2D eigenvalue weighted by Crippen LogP contribution is 2.40. The molecule has 1 atom stereocenters. The lowest BCUT2D eigenvalue weighted by molar-refractivity contribution is 0.244. The van der Waals surface area contributed by atoms with E-state index in [0.29, 0.717) is 5.92 Å². The molecule has 0 aromatic rings. The van der Waals surface area contributed by atoms with Crippen molar-refractivity contribution in [2.24, 2.45) is 5.92 Å². The third-order valence-electron chi connectivity index (χ3n) is 6.44. The van der Waals surface area contributed by atoms with E-state index >= 15 is 0 Å². The van der Waals surface area contributed by atoms with Crippen LogP contribution in [-0.2, 0) is 0 Å². The number of nitrogens with zero attached hydrogens (tertiary/aromatic N) is 1. The zero-order valence-corrected chi connectivity index (χ0v) is 15.1. The molecule has 3 aliphatic heterocycles. The normalized spacial score (nSPS) is 29.0. The molecule has 2 aliphatic carbocycles. The van der Waals surface area contributed by atoms with Crippen LogP contribution >= 0.6 is 0 Å². The summed E-state index contributed by atoms with van der Waals surface area (Å²) in [5, 5.41) is 7.20. The highest BCUT2D eigenvalue weighted by Gasteiger charge is 2.33. The lowest BCUT2D eigenvalue weighted by Crippen LogP contribution is -2.31. The van der Waals surface area contributed by atoms with Gasteiger partial charge >= 0.3 is 0 Å². The number of hydrogen-bond acceptors (Lipinski definition) is 3. The summed E-state index contributed by atoms with van der Waals surface area (Å²) < 4.78 is 0. The number of fused-ring (bicyclic) bond motifs is 2. The zero-order chi connectivity index (χ0) is 16.6. The summed E-state index contributed by atoms with van der Waals surface area (Å²) in [7, 11) is 0. The molecule has 0 radical (unpaired) electrons. The van der Waals surface area contributed by atoms with Gasteiger partial charge in [0.2, 0.25) is 0 Å². The number of allylic oxidation sites excluding steroid dienone is 5. The van der Waals surface area contributed by atoms with Crippen molar-refractivity contribution in [3.8, 4) is 0 Å². The van der Waals surface area contributed by atoms with E-state index in [1.54, 1.807) is 5.57 Å². The fourth-order valence-electron chi connectivity index (χ4n) is 4.99. The topological polar surface area (TPSA) is 27.3 Å². The van der Waals surface area contributed by atoms with E-state index in [1.807, 2.05) is 0 Å². The van der Waals surface area contributed by atoms with Gasteiger partial charge in [-0.1, -0.05) is 30.2 Å². The van der Waals surface area contributed by atoms with Crippen molar-refractivity contribution in [1.82, 2.24) is 15.5 Å². The molecule has 1 fully saturated rings. The summed E-state index contributed by atoms with van der Waals surface area (Å²) in [5.41, 5.74) is 7.59. The minimum Gasteiger partial charge on any atom is -0.367 e. The first-order valence-corrected chi connectivity index (χ1v) is 10.1. The van der Waals surface area contributed by atoms with Gasteiger partial charge in [-0.25, -0.2) is 0 Å². The van der Waals surface area contributed by atoms with Gasteiger partial charge in [0.15, 0.2) is 0 Å². The molecular weight excluding hydrogens is 306 g/mol. The van der Waals surface area contributed by atoms with Crippen LogP contribution in [0.1, 0.15) is 44.9 Å². The number of rotatable bonds is 3. The lowest BCUT2D eigenvalue weighted by atomic mass is 9.88. The van der Waals surface area contributed by atoms with Crippen LogP contribution in [0.4, 0.5) is 0 Å². The second-order valence-corrected chi connectivity index (χ2v) is 8.12. The van der Waals surface area contributed by atoms with Crippen molar-refractivity contribution in [3.63, 3.8) is 0 Å². The van der Waals surface area contributed by atoms with Crippen molar-refractivity contribution >= 4 is 0 Å². The smallest absolute Gasteiger partial charge is 0.107 e. The summed E-state index contributed by atoms with van der Waals surface area (Å²) in [4.78, 5) is 2.64. The molecule has 0 aromatic carbocycles. The summed E-state index contributed by atoms with van der Waals surface area (Å²) in [6.45, 7) is 4.75. The molecule has 2 N–H and O–H groups in total. The van der Waals surface area contributed by atoms with Gasteiger partial charge in [-0.2, -0.15) is 0 Å². The maximum atomic E-state index is 3.62. The molecular formula is C22H29N3. The van der Waals surface area contributed by atoms with Crippen LogP contribution in [0.2, 0.25) is 0 Å². The Morgan fingerprint density at radius 3 is 2.80 bits per heavy atom. The fourth-order valence-corrected chi connectivity index (χ4v) is 4.99. The maximum Gasteiger partial charge on any atom is 0.107 e. The molecule has 3 heterocycles. The summed E-state index contributed by atoms with van der Waals surface area (Å²) in [6, 6.07) is 0. The van der Waals surface area contributed by atoms with Gasteiger partial charge in [-0.3, -0.25) is 4.90 Å². The van der Waals surface area contributed by atoms with Crippen molar-refractivity contribution in [1.29, 1.82) is 0 Å². The predicted molar refractivity (Wildman–Crippen MR) is 103 cm³/mol. The molecule has 132 valence electrons. The van der Waals surface area contributed by atoms with Gasteiger partial charge in [0.25, 0.3) is 0 Å². The maximum absolute atomic E-state index is 3.62. The average molecular weight is 335 g/mol. The molecule has 1 unspecified atom stereocenters. The highest BCUT2D eigenvalue weighted by atomic mass is 15.1. The number of likely N-dealkylation sites (tertiary alicyclic amines) is 1. The zero-order valence-electron chi connectivity index (χ0n) is 15.1. The van der Waals surface area contributed by atoms with Crippen molar-refractivity contribution in [2.75, 3.05) is 26.2 Å². The van der Waals surface area contributed by atoms with Crippen LogP contribution < -0.4 is 10.6 Å². The lowest BCUT2D eigenvalue weighted by Gasteiger charge is -2.29. The molecule has 0 bridgehead atoms. The van der Waals surface area contributed by atoms with Crippen molar-refractivity contribution < 1.29 is 0 Å². The SMILES string of the molecule is C1=C(CN2CCCCC2)CCC(C2=CC3=C(NC2)NC2=CCCC23)=C1. The molecule has 0 aromatic heterocycles. The Morgan fingerprint density at radius 2 is 1.96 bits per heavy atom. The van der Waals surface area contributed by atoms with Crippen LogP contribution in [0.3, 0.4) is 0 Å². The Hall–Kier alpha value is -1.74. The van der Waals surface area contributed by atoms with E-state index in [0.717, 1.165) is 6.54 Å². The summed E-state index contributed by atoms with van der Waals surface area (Å²) >= 11 is 0. The van der Waals surface area contributed by atoms with Gasteiger partial charge in [0.1, 0.15) is 5.82 Å². The quantitative estimate of drug-likeness (QED) is 0.822. The second kappa shape index (κ2) is 6.53.